The lowest BCUT2D eigenvalue weighted by Gasteiger charge is -2.18. The molecule has 31 heavy (non-hydrogen) atoms. The Balaban J connectivity index is 1.52. The normalized spacial score (nSPS) is 11.8. The molecule has 0 aliphatic rings. The lowest BCUT2D eigenvalue weighted by Crippen LogP contribution is -2.37. The largest absolute Gasteiger partial charge is 0.492 e. The standard InChI is InChI=1S/C23H33N7O/c1-4-24-23(26-18-22-28-27-21-9-7-8-14-30(21)22)25-17-19-10-12-20(13-11-19)31-16-15-29(5-2)6-3/h7-14H,4-6,15-18H2,1-3H3,(H2,24,25,26). The van der Waals surface area contributed by atoms with Gasteiger partial charge < -0.3 is 20.3 Å². The average Bonchev–Trinajstić information content (AvgIpc) is 3.22. The summed E-state index contributed by atoms with van der Waals surface area (Å²) in [7, 11) is 0. The molecule has 0 saturated heterocycles. The van der Waals surface area contributed by atoms with E-state index in [4.69, 9.17) is 4.74 Å². The van der Waals surface area contributed by atoms with Gasteiger partial charge in [-0.3, -0.25) is 4.40 Å². The molecule has 0 saturated carbocycles. The summed E-state index contributed by atoms with van der Waals surface area (Å²) in [5, 5.41) is 15.0. The molecule has 0 unspecified atom stereocenters. The van der Waals surface area contributed by atoms with Crippen LogP contribution in [-0.2, 0) is 13.1 Å². The van der Waals surface area contributed by atoms with Gasteiger partial charge in [0.25, 0.3) is 0 Å². The lowest BCUT2D eigenvalue weighted by molar-refractivity contribution is 0.223. The molecular weight excluding hydrogens is 390 g/mol. The molecule has 8 nitrogen and oxygen atoms in total. The number of hydrogen-bond acceptors (Lipinski definition) is 5. The second-order valence-corrected chi connectivity index (χ2v) is 7.11. The molecule has 2 N–H and O–H groups in total. The van der Waals surface area contributed by atoms with Gasteiger partial charge in [0.1, 0.15) is 12.4 Å². The molecule has 0 aliphatic carbocycles. The molecule has 1 aromatic carbocycles. The van der Waals surface area contributed by atoms with Crippen molar-refractivity contribution in [2.75, 3.05) is 32.8 Å². The third-order valence-corrected chi connectivity index (χ3v) is 5.06. The van der Waals surface area contributed by atoms with Gasteiger partial charge >= 0.3 is 0 Å². The second-order valence-electron chi connectivity index (χ2n) is 7.11. The molecule has 8 heteroatoms. The van der Waals surface area contributed by atoms with E-state index in [0.29, 0.717) is 19.7 Å². The second kappa shape index (κ2) is 11.9. The first-order valence-corrected chi connectivity index (χ1v) is 11.0. The Morgan fingerprint density at radius 1 is 1.03 bits per heavy atom. The fourth-order valence-corrected chi connectivity index (χ4v) is 3.21. The zero-order valence-electron chi connectivity index (χ0n) is 18.7. The van der Waals surface area contributed by atoms with Crippen LogP contribution in [0.2, 0.25) is 0 Å². The molecule has 0 amide bonds. The highest BCUT2D eigenvalue weighted by molar-refractivity contribution is 5.79. The van der Waals surface area contributed by atoms with Gasteiger partial charge in [0.05, 0.1) is 13.1 Å². The van der Waals surface area contributed by atoms with E-state index in [1.807, 2.05) is 47.9 Å². The van der Waals surface area contributed by atoms with Crippen molar-refractivity contribution in [3.8, 4) is 5.75 Å². The van der Waals surface area contributed by atoms with Gasteiger partial charge in [-0.15, -0.1) is 10.2 Å². The van der Waals surface area contributed by atoms with Gasteiger partial charge in [-0.2, -0.15) is 0 Å². The quantitative estimate of drug-likeness (QED) is 0.365. The highest BCUT2D eigenvalue weighted by atomic mass is 16.5. The Hall–Kier alpha value is -3.13. The summed E-state index contributed by atoms with van der Waals surface area (Å²) in [5.74, 6) is 2.48. The van der Waals surface area contributed by atoms with Crippen LogP contribution < -0.4 is 15.4 Å². The molecule has 3 rings (SSSR count). The Bertz CT molecular complexity index is 948. The van der Waals surface area contributed by atoms with E-state index in [1.54, 1.807) is 0 Å². The number of likely N-dealkylation sites (N-methyl/N-ethyl adjacent to an activating group) is 1. The van der Waals surface area contributed by atoms with Crippen LogP contribution in [0.5, 0.6) is 5.75 Å². The number of hydrogen-bond donors (Lipinski definition) is 2. The zero-order valence-corrected chi connectivity index (χ0v) is 18.7. The van der Waals surface area contributed by atoms with Gasteiger partial charge in [0.15, 0.2) is 17.4 Å². The van der Waals surface area contributed by atoms with Crippen molar-refractivity contribution in [1.82, 2.24) is 30.1 Å². The zero-order chi connectivity index (χ0) is 21.9. The summed E-state index contributed by atoms with van der Waals surface area (Å²) in [6, 6.07) is 14.0. The van der Waals surface area contributed by atoms with Crippen LogP contribution in [-0.4, -0.2) is 58.2 Å². The molecular formula is C23H33N7O. The van der Waals surface area contributed by atoms with Crippen LogP contribution in [0.4, 0.5) is 0 Å². The summed E-state index contributed by atoms with van der Waals surface area (Å²) < 4.78 is 7.82. The highest BCUT2D eigenvalue weighted by Crippen LogP contribution is 2.13. The average molecular weight is 424 g/mol. The van der Waals surface area contributed by atoms with E-state index in [9.17, 15) is 0 Å². The molecule has 0 radical (unpaired) electrons. The van der Waals surface area contributed by atoms with Gasteiger partial charge in [0.2, 0.25) is 0 Å². The van der Waals surface area contributed by atoms with E-state index in [2.05, 4.69) is 56.7 Å². The molecule has 2 heterocycles. The van der Waals surface area contributed by atoms with Gasteiger partial charge in [-0.1, -0.05) is 32.0 Å². The third-order valence-electron chi connectivity index (χ3n) is 5.06. The Kier molecular flexibility index (Phi) is 8.66. The number of ether oxygens (including phenoxy) is 1. The number of aliphatic imine (C=N–C) groups is 1. The Morgan fingerprint density at radius 3 is 2.58 bits per heavy atom. The molecule has 0 fully saturated rings. The first kappa shape index (κ1) is 22.6. The van der Waals surface area contributed by atoms with E-state index in [0.717, 1.165) is 54.9 Å². The Labute approximate surface area is 184 Å². The molecule has 0 aliphatic heterocycles. The maximum atomic E-state index is 5.86. The molecule has 0 spiro atoms. The van der Waals surface area contributed by atoms with Crippen molar-refractivity contribution < 1.29 is 4.74 Å². The van der Waals surface area contributed by atoms with Crippen LogP contribution in [0.3, 0.4) is 0 Å². The van der Waals surface area contributed by atoms with Crippen LogP contribution >= 0.6 is 0 Å². The number of benzene rings is 1. The first-order valence-electron chi connectivity index (χ1n) is 11.0. The summed E-state index contributed by atoms with van der Waals surface area (Å²) in [6.07, 6.45) is 1.96. The molecule has 2 aromatic heterocycles. The number of aromatic nitrogens is 3. The topological polar surface area (TPSA) is 79.1 Å². The maximum absolute atomic E-state index is 5.86. The van der Waals surface area contributed by atoms with Crippen molar-refractivity contribution in [2.24, 2.45) is 4.99 Å². The Morgan fingerprint density at radius 2 is 1.84 bits per heavy atom. The van der Waals surface area contributed by atoms with Crippen molar-refractivity contribution in [1.29, 1.82) is 0 Å². The van der Waals surface area contributed by atoms with Gasteiger partial charge in [-0.05, 0) is 49.8 Å². The van der Waals surface area contributed by atoms with Crippen molar-refractivity contribution in [3.05, 3.63) is 60.0 Å². The summed E-state index contributed by atoms with van der Waals surface area (Å²) in [5.41, 5.74) is 1.96. The fourth-order valence-electron chi connectivity index (χ4n) is 3.21. The number of fused-ring (bicyclic) bond motifs is 1. The summed E-state index contributed by atoms with van der Waals surface area (Å²) in [4.78, 5) is 7.04. The predicted molar refractivity (Wildman–Crippen MR) is 124 cm³/mol. The van der Waals surface area contributed by atoms with Gasteiger partial charge in [-0.25, -0.2) is 4.99 Å². The van der Waals surface area contributed by atoms with E-state index >= 15 is 0 Å². The summed E-state index contributed by atoms with van der Waals surface area (Å²) in [6.45, 7) is 12.0. The van der Waals surface area contributed by atoms with Crippen LogP contribution in [0.1, 0.15) is 32.2 Å². The maximum Gasteiger partial charge on any atom is 0.191 e. The van der Waals surface area contributed by atoms with E-state index < -0.39 is 0 Å². The minimum atomic E-state index is 0.538. The van der Waals surface area contributed by atoms with Gasteiger partial charge in [0, 0.05) is 19.3 Å². The molecule has 0 atom stereocenters. The fraction of sp³-hybridized carbons (Fsp3) is 0.435. The minimum Gasteiger partial charge on any atom is -0.492 e. The number of nitrogens with zero attached hydrogens (tertiary/aromatic N) is 5. The summed E-state index contributed by atoms with van der Waals surface area (Å²) >= 11 is 0. The monoisotopic (exact) mass is 423 g/mol. The van der Waals surface area contributed by atoms with Crippen molar-refractivity contribution >= 4 is 11.6 Å². The smallest absolute Gasteiger partial charge is 0.191 e. The molecule has 0 bridgehead atoms. The molecule has 166 valence electrons. The van der Waals surface area contributed by atoms with E-state index in [-0.39, 0.29) is 0 Å². The number of pyridine rings is 1. The van der Waals surface area contributed by atoms with Crippen molar-refractivity contribution in [3.63, 3.8) is 0 Å². The SMILES string of the molecule is CCNC(=NCc1ccc(OCCN(CC)CC)cc1)NCc1nnc2ccccn12. The van der Waals surface area contributed by atoms with Crippen molar-refractivity contribution in [2.45, 2.75) is 33.9 Å². The minimum absolute atomic E-state index is 0.538. The molecule has 3 aromatic rings. The van der Waals surface area contributed by atoms with Crippen LogP contribution in [0.25, 0.3) is 5.65 Å². The predicted octanol–water partition coefficient (Wildman–Crippen LogP) is 2.71. The number of rotatable bonds is 11. The van der Waals surface area contributed by atoms with Crippen LogP contribution in [0, 0.1) is 0 Å². The highest BCUT2D eigenvalue weighted by Gasteiger charge is 2.06. The number of guanidine groups is 1. The lowest BCUT2D eigenvalue weighted by atomic mass is 10.2. The van der Waals surface area contributed by atoms with Crippen LogP contribution in [0.15, 0.2) is 53.7 Å². The number of nitrogens with one attached hydrogen (secondary N) is 2. The third kappa shape index (κ3) is 6.68. The first-order chi connectivity index (χ1) is 15.2. The van der Waals surface area contributed by atoms with E-state index in [1.165, 1.54) is 0 Å².